The number of nitrogen functional groups attached to an aromatic ring is 1. The number of rotatable bonds is 1. The van der Waals surface area contributed by atoms with Crippen molar-refractivity contribution >= 4 is 21.9 Å². The molecule has 2 rings (SSSR count). The number of aromatic nitrogens is 2. The Morgan fingerprint density at radius 3 is 2.85 bits per heavy atom. The third-order valence-corrected chi connectivity index (χ3v) is 2.16. The molecule has 13 heavy (non-hydrogen) atoms. The van der Waals surface area contributed by atoms with Crippen LogP contribution in [0.25, 0.3) is 11.5 Å². The summed E-state index contributed by atoms with van der Waals surface area (Å²) < 4.78 is 5.98. The molecule has 0 radical (unpaired) electrons. The zero-order valence-corrected chi connectivity index (χ0v) is 8.15. The van der Waals surface area contributed by atoms with Crippen LogP contribution in [0.15, 0.2) is 33.4 Å². The molecule has 0 aliphatic heterocycles. The maximum absolute atomic E-state index is 5.35. The molecule has 0 atom stereocenters. The summed E-state index contributed by atoms with van der Waals surface area (Å²) in [6, 6.07) is 3.85. The van der Waals surface area contributed by atoms with Gasteiger partial charge in [0.1, 0.15) is 5.69 Å². The van der Waals surface area contributed by atoms with Crippen LogP contribution in [0.5, 0.6) is 0 Å². The number of halogens is 1. The van der Waals surface area contributed by atoms with Crippen molar-refractivity contribution in [2.75, 3.05) is 5.73 Å². The maximum atomic E-state index is 5.35. The molecule has 2 N–H and O–H groups in total. The van der Waals surface area contributed by atoms with Gasteiger partial charge in [-0.3, -0.25) is 4.98 Å². The van der Waals surface area contributed by atoms with E-state index in [2.05, 4.69) is 25.9 Å². The Balaban J connectivity index is 2.52. The zero-order valence-electron chi connectivity index (χ0n) is 6.57. The molecule has 0 saturated heterocycles. The first kappa shape index (κ1) is 8.25. The van der Waals surface area contributed by atoms with E-state index in [0.717, 1.165) is 4.47 Å². The summed E-state index contributed by atoms with van der Waals surface area (Å²) in [5, 5.41) is 0. The lowest BCUT2D eigenvalue weighted by Gasteiger charge is -1.96. The van der Waals surface area contributed by atoms with E-state index in [4.69, 9.17) is 10.2 Å². The average molecular weight is 240 g/mol. The van der Waals surface area contributed by atoms with Crippen LogP contribution in [-0.4, -0.2) is 9.97 Å². The summed E-state index contributed by atoms with van der Waals surface area (Å²) in [5.41, 5.74) is 6.05. The minimum atomic E-state index is 0.146. The van der Waals surface area contributed by atoms with Crippen LogP contribution < -0.4 is 5.73 Å². The lowest BCUT2D eigenvalue weighted by molar-refractivity contribution is 0.592. The largest absolute Gasteiger partial charge is 0.422 e. The molecule has 0 fully saturated rings. The highest BCUT2D eigenvalue weighted by molar-refractivity contribution is 9.10. The van der Waals surface area contributed by atoms with Gasteiger partial charge in [-0.25, -0.2) is 4.98 Å². The van der Waals surface area contributed by atoms with Gasteiger partial charge in [-0.15, -0.1) is 0 Å². The molecule has 0 saturated carbocycles. The Bertz CT molecular complexity index is 427. The van der Waals surface area contributed by atoms with Crippen LogP contribution in [-0.2, 0) is 0 Å². The van der Waals surface area contributed by atoms with Crippen LogP contribution in [0.4, 0.5) is 6.01 Å². The van der Waals surface area contributed by atoms with Crippen LogP contribution >= 0.6 is 15.9 Å². The molecule has 2 aromatic heterocycles. The smallest absolute Gasteiger partial charge is 0.292 e. The number of hydrogen-bond donors (Lipinski definition) is 1. The fourth-order valence-electron chi connectivity index (χ4n) is 0.964. The van der Waals surface area contributed by atoms with E-state index in [9.17, 15) is 0 Å². The van der Waals surface area contributed by atoms with Crippen molar-refractivity contribution in [1.29, 1.82) is 0 Å². The van der Waals surface area contributed by atoms with E-state index in [1.807, 2.05) is 12.1 Å². The number of nitrogens with zero attached hydrogens (tertiary/aromatic N) is 2. The molecule has 5 heteroatoms. The summed E-state index contributed by atoms with van der Waals surface area (Å²) >= 11 is 3.35. The summed E-state index contributed by atoms with van der Waals surface area (Å²) in [4.78, 5) is 7.91. The van der Waals surface area contributed by atoms with Gasteiger partial charge in [0.05, 0.1) is 6.20 Å². The zero-order chi connectivity index (χ0) is 9.26. The highest BCUT2D eigenvalue weighted by Crippen LogP contribution is 2.26. The van der Waals surface area contributed by atoms with Crippen LogP contribution in [0.1, 0.15) is 0 Å². The molecule has 4 nitrogen and oxygen atoms in total. The molecule has 0 aliphatic rings. The van der Waals surface area contributed by atoms with Gasteiger partial charge in [-0.2, -0.15) is 0 Å². The number of oxazole rings is 1. The van der Waals surface area contributed by atoms with Crippen molar-refractivity contribution in [3.8, 4) is 11.5 Å². The number of anilines is 1. The van der Waals surface area contributed by atoms with Crippen molar-refractivity contribution in [3.63, 3.8) is 0 Å². The molecule has 0 bridgehead atoms. The van der Waals surface area contributed by atoms with E-state index in [-0.39, 0.29) is 6.01 Å². The normalized spacial score (nSPS) is 10.2. The Hall–Kier alpha value is -1.36. The van der Waals surface area contributed by atoms with Crippen molar-refractivity contribution in [1.82, 2.24) is 9.97 Å². The lowest BCUT2D eigenvalue weighted by atomic mass is 10.3. The van der Waals surface area contributed by atoms with E-state index in [1.54, 1.807) is 12.4 Å². The van der Waals surface area contributed by atoms with Gasteiger partial charge < -0.3 is 10.2 Å². The maximum Gasteiger partial charge on any atom is 0.292 e. The molecule has 2 aromatic rings. The van der Waals surface area contributed by atoms with Crippen LogP contribution in [0, 0.1) is 0 Å². The molecular weight excluding hydrogens is 234 g/mol. The van der Waals surface area contributed by atoms with Crippen molar-refractivity contribution in [2.24, 2.45) is 0 Å². The van der Waals surface area contributed by atoms with Crippen molar-refractivity contribution < 1.29 is 4.42 Å². The lowest BCUT2D eigenvalue weighted by Crippen LogP contribution is -1.82. The first-order valence-electron chi connectivity index (χ1n) is 3.59. The molecular formula is C8H6BrN3O. The Kier molecular flexibility index (Phi) is 2.02. The fraction of sp³-hybridized carbons (Fsp3) is 0. The second kappa shape index (κ2) is 3.18. The van der Waals surface area contributed by atoms with Gasteiger partial charge in [0, 0.05) is 10.7 Å². The topological polar surface area (TPSA) is 64.9 Å². The van der Waals surface area contributed by atoms with Gasteiger partial charge in [0.15, 0.2) is 5.76 Å². The molecule has 0 aromatic carbocycles. The van der Waals surface area contributed by atoms with Crippen LogP contribution in [0.2, 0.25) is 0 Å². The summed E-state index contributed by atoms with van der Waals surface area (Å²) in [6.07, 6.45) is 3.22. The van der Waals surface area contributed by atoms with Gasteiger partial charge in [0.2, 0.25) is 0 Å². The predicted molar refractivity (Wildman–Crippen MR) is 51.8 cm³/mol. The molecule has 0 unspecified atom stereocenters. The first-order chi connectivity index (χ1) is 6.27. The van der Waals surface area contributed by atoms with E-state index >= 15 is 0 Å². The summed E-state index contributed by atoms with van der Waals surface area (Å²) in [5.74, 6) is 0.560. The molecule has 2 heterocycles. The average Bonchev–Trinajstić information content (AvgIpc) is 2.53. The van der Waals surface area contributed by atoms with Crippen LogP contribution in [0.3, 0.4) is 0 Å². The third kappa shape index (κ3) is 1.55. The Morgan fingerprint density at radius 1 is 1.38 bits per heavy atom. The second-order valence-electron chi connectivity index (χ2n) is 2.40. The highest BCUT2D eigenvalue weighted by atomic mass is 79.9. The molecule has 0 aliphatic carbocycles. The SMILES string of the molecule is Nc1ncc(-c2ncccc2Br)o1. The van der Waals surface area contributed by atoms with E-state index in [0.29, 0.717) is 11.5 Å². The number of hydrogen-bond acceptors (Lipinski definition) is 4. The Labute approximate surface area is 82.9 Å². The Morgan fingerprint density at radius 2 is 2.23 bits per heavy atom. The third-order valence-electron chi connectivity index (χ3n) is 1.52. The highest BCUT2D eigenvalue weighted by Gasteiger charge is 2.08. The van der Waals surface area contributed by atoms with E-state index in [1.165, 1.54) is 0 Å². The predicted octanol–water partition coefficient (Wildman–Crippen LogP) is 2.08. The minimum absolute atomic E-state index is 0.146. The molecule has 66 valence electrons. The number of nitrogens with two attached hydrogens (primary N) is 1. The van der Waals surface area contributed by atoms with Gasteiger partial charge in [-0.1, -0.05) is 0 Å². The van der Waals surface area contributed by atoms with Crippen molar-refractivity contribution in [2.45, 2.75) is 0 Å². The van der Waals surface area contributed by atoms with Gasteiger partial charge in [0.25, 0.3) is 6.01 Å². The quantitative estimate of drug-likeness (QED) is 0.828. The monoisotopic (exact) mass is 239 g/mol. The number of pyridine rings is 1. The van der Waals surface area contributed by atoms with Gasteiger partial charge in [-0.05, 0) is 28.1 Å². The minimum Gasteiger partial charge on any atom is -0.422 e. The van der Waals surface area contributed by atoms with Gasteiger partial charge >= 0.3 is 0 Å². The molecule has 0 spiro atoms. The second-order valence-corrected chi connectivity index (χ2v) is 3.25. The first-order valence-corrected chi connectivity index (χ1v) is 4.39. The van der Waals surface area contributed by atoms with E-state index < -0.39 is 0 Å². The van der Waals surface area contributed by atoms with Crippen molar-refractivity contribution in [3.05, 3.63) is 29.0 Å². The fourth-order valence-corrected chi connectivity index (χ4v) is 1.41. The molecule has 0 amide bonds. The summed E-state index contributed by atoms with van der Waals surface area (Å²) in [7, 11) is 0. The standard InChI is InChI=1S/C8H6BrN3O/c9-5-2-1-3-11-7(5)6-4-12-8(10)13-6/h1-4H,(H2,10,12). The summed E-state index contributed by atoms with van der Waals surface area (Å²) in [6.45, 7) is 0.